The monoisotopic (exact) mass is 362 g/mol. The number of hydrogen-bond donors (Lipinski definition) is 1. The van der Waals surface area contributed by atoms with Crippen LogP contribution in [-0.4, -0.2) is 50.6 Å². The lowest BCUT2D eigenvalue weighted by Gasteiger charge is -2.25. The Labute approximate surface area is 152 Å². The summed E-state index contributed by atoms with van der Waals surface area (Å²) in [5.74, 6) is 0.510. The van der Waals surface area contributed by atoms with Crippen LogP contribution in [0.5, 0.6) is 0 Å². The molecule has 25 heavy (non-hydrogen) atoms. The lowest BCUT2D eigenvalue weighted by atomic mass is 9.90. The van der Waals surface area contributed by atoms with Gasteiger partial charge in [-0.3, -0.25) is 4.79 Å². The molecule has 134 valence electrons. The molecule has 1 saturated heterocycles. The van der Waals surface area contributed by atoms with Crippen molar-refractivity contribution in [3.05, 3.63) is 29.3 Å². The summed E-state index contributed by atoms with van der Waals surface area (Å²) in [6, 6.07) is 6.77. The number of amides is 1. The number of aromatic nitrogens is 4. The third-order valence-corrected chi connectivity index (χ3v) is 5.10. The molecule has 0 bridgehead atoms. The minimum atomic E-state index is -0.450. The van der Waals surface area contributed by atoms with Crippen molar-refractivity contribution in [3.8, 4) is 11.4 Å². The molecule has 1 aliphatic heterocycles. The highest BCUT2D eigenvalue weighted by molar-refractivity contribution is 6.30. The van der Waals surface area contributed by atoms with Crippen molar-refractivity contribution >= 4 is 17.5 Å². The number of halogens is 1. The van der Waals surface area contributed by atoms with Crippen LogP contribution >= 0.6 is 11.6 Å². The molecule has 1 aliphatic rings. The zero-order chi connectivity index (χ0) is 18.0. The van der Waals surface area contributed by atoms with Gasteiger partial charge in [0.15, 0.2) is 6.04 Å². The maximum atomic E-state index is 12.9. The summed E-state index contributed by atoms with van der Waals surface area (Å²) in [6.07, 6.45) is 1.53. The fourth-order valence-corrected chi connectivity index (χ4v) is 3.22. The second-order valence-corrected chi connectivity index (χ2v) is 7.33. The van der Waals surface area contributed by atoms with Gasteiger partial charge in [-0.15, -0.1) is 10.2 Å². The van der Waals surface area contributed by atoms with E-state index in [0.717, 1.165) is 18.5 Å². The molecule has 0 spiro atoms. The lowest BCUT2D eigenvalue weighted by molar-refractivity contribution is -0.134. The molecule has 0 aliphatic carbocycles. The fourth-order valence-electron chi connectivity index (χ4n) is 3.10. The van der Waals surface area contributed by atoms with Crippen LogP contribution in [0.15, 0.2) is 24.3 Å². The molecule has 8 heteroatoms. The highest BCUT2D eigenvalue weighted by atomic mass is 35.5. The minimum absolute atomic E-state index is 0.00177. The van der Waals surface area contributed by atoms with Crippen molar-refractivity contribution in [2.24, 2.45) is 11.1 Å². The van der Waals surface area contributed by atoms with Gasteiger partial charge in [0.25, 0.3) is 0 Å². The van der Waals surface area contributed by atoms with Crippen LogP contribution in [0.1, 0.15) is 32.7 Å². The molecular weight excluding hydrogens is 340 g/mol. The Morgan fingerprint density at radius 1 is 1.40 bits per heavy atom. The zero-order valence-corrected chi connectivity index (χ0v) is 15.3. The van der Waals surface area contributed by atoms with E-state index in [9.17, 15) is 4.79 Å². The van der Waals surface area contributed by atoms with Gasteiger partial charge in [0.1, 0.15) is 0 Å². The number of likely N-dealkylation sites (tertiary alicyclic amines) is 1. The maximum absolute atomic E-state index is 12.9. The number of rotatable bonds is 5. The predicted octanol–water partition coefficient (Wildman–Crippen LogP) is 2.14. The SMILES string of the molecule is CCC(C(=O)N1CCC(C)(CN)C1)n1nnc(-c2ccc(Cl)cc2)n1. The standard InChI is InChI=1S/C17H23ClN6O/c1-3-14(16(25)23-9-8-17(2,10-19)11-23)24-21-15(20-22-24)12-4-6-13(18)7-5-12/h4-7,14H,3,8-11,19H2,1-2H3. The predicted molar refractivity (Wildman–Crippen MR) is 95.9 cm³/mol. The van der Waals surface area contributed by atoms with Gasteiger partial charge >= 0.3 is 0 Å². The Balaban J connectivity index is 1.77. The van der Waals surface area contributed by atoms with E-state index in [4.69, 9.17) is 17.3 Å². The summed E-state index contributed by atoms with van der Waals surface area (Å²) in [5, 5.41) is 13.2. The van der Waals surface area contributed by atoms with E-state index in [1.807, 2.05) is 24.0 Å². The van der Waals surface area contributed by atoms with Crippen LogP contribution in [0, 0.1) is 5.41 Å². The third kappa shape index (κ3) is 3.67. The summed E-state index contributed by atoms with van der Waals surface area (Å²) in [4.78, 5) is 16.2. The topological polar surface area (TPSA) is 89.9 Å². The first-order valence-corrected chi connectivity index (χ1v) is 8.88. The van der Waals surface area contributed by atoms with Gasteiger partial charge < -0.3 is 10.6 Å². The number of benzene rings is 1. The molecular formula is C17H23ClN6O. The summed E-state index contributed by atoms with van der Waals surface area (Å²) in [5.41, 5.74) is 6.65. The molecule has 0 saturated carbocycles. The van der Waals surface area contributed by atoms with Gasteiger partial charge in [-0.1, -0.05) is 25.4 Å². The molecule has 0 radical (unpaired) electrons. The zero-order valence-electron chi connectivity index (χ0n) is 14.5. The summed E-state index contributed by atoms with van der Waals surface area (Å²) < 4.78 is 0. The molecule has 2 unspecified atom stereocenters. The van der Waals surface area contributed by atoms with Gasteiger partial charge in [0.05, 0.1) is 0 Å². The minimum Gasteiger partial charge on any atom is -0.340 e. The Bertz CT molecular complexity index is 746. The van der Waals surface area contributed by atoms with Gasteiger partial charge in [-0.2, -0.15) is 4.80 Å². The van der Waals surface area contributed by atoms with E-state index < -0.39 is 6.04 Å². The first kappa shape index (κ1) is 17.8. The third-order valence-electron chi connectivity index (χ3n) is 4.84. The number of hydrogen-bond acceptors (Lipinski definition) is 5. The van der Waals surface area contributed by atoms with Crippen molar-refractivity contribution in [2.75, 3.05) is 19.6 Å². The molecule has 2 atom stereocenters. The van der Waals surface area contributed by atoms with Crippen LogP contribution < -0.4 is 5.73 Å². The smallest absolute Gasteiger partial charge is 0.249 e. The molecule has 2 N–H and O–H groups in total. The number of tetrazole rings is 1. The van der Waals surface area contributed by atoms with Gasteiger partial charge in [0.2, 0.25) is 11.7 Å². The van der Waals surface area contributed by atoms with Crippen molar-refractivity contribution in [2.45, 2.75) is 32.7 Å². The first-order valence-electron chi connectivity index (χ1n) is 8.50. The van der Waals surface area contributed by atoms with Crippen molar-refractivity contribution in [1.82, 2.24) is 25.1 Å². The fraction of sp³-hybridized carbons (Fsp3) is 0.529. The molecule has 1 aromatic heterocycles. The van der Waals surface area contributed by atoms with E-state index in [0.29, 0.717) is 30.4 Å². The number of carbonyl (C=O) groups excluding carboxylic acids is 1. The normalized spacial score (nSPS) is 21.5. The molecule has 7 nitrogen and oxygen atoms in total. The van der Waals surface area contributed by atoms with Crippen molar-refractivity contribution in [1.29, 1.82) is 0 Å². The number of nitrogens with two attached hydrogens (primary N) is 1. The Hall–Kier alpha value is -1.99. The van der Waals surface area contributed by atoms with Crippen LogP contribution in [0.4, 0.5) is 0 Å². The second kappa shape index (κ2) is 7.09. The Morgan fingerprint density at radius 3 is 2.72 bits per heavy atom. The summed E-state index contributed by atoms with van der Waals surface area (Å²) in [6.45, 7) is 6.05. The van der Waals surface area contributed by atoms with Crippen molar-refractivity contribution in [3.63, 3.8) is 0 Å². The lowest BCUT2D eigenvalue weighted by Crippen LogP contribution is -2.39. The largest absolute Gasteiger partial charge is 0.340 e. The van der Waals surface area contributed by atoms with Crippen LogP contribution in [0.3, 0.4) is 0 Å². The molecule has 2 heterocycles. The Morgan fingerprint density at radius 2 is 2.12 bits per heavy atom. The van der Waals surface area contributed by atoms with E-state index in [-0.39, 0.29) is 11.3 Å². The molecule has 3 rings (SSSR count). The van der Waals surface area contributed by atoms with Gasteiger partial charge in [-0.05, 0) is 54.3 Å². The summed E-state index contributed by atoms with van der Waals surface area (Å²) in [7, 11) is 0. The second-order valence-electron chi connectivity index (χ2n) is 6.89. The van der Waals surface area contributed by atoms with Gasteiger partial charge in [0, 0.05) is 23.7 Å². The number of nitrogens with zero attached hydrogens (tertiary/aromatic N) is 5. The van der Waals surface area contributed by atoms with E-state index >= 15 is 0 Å². The Kier molecular flexibility index (Phi) is 5.06. The molecule has 1 fully saturated rings. The van der Waals surface area contributed by atoms with Crippen LogP contribution in [-0.2, 0) is 4.79 Å². The average molecular weight is 363 g/mol. The van der Waals surface area contributed by atoms with E-state index in [1.165, 1.54) is 4.80 Å². The maximum Gasteiger partial charge on any atom is 0.249 e. The average Bonchev–Trinajstić information content (AvgIpc) is 3.24. The molecule has 1 aromatic carbocycles. The van der Waals surface area contributed by atoms with Crippen LogP contribution in [0.25, 0.3) is 11.4 Å². The molecule has 2 aromatic rings. The molecule has 1 amide bonds. The highest BCUT2D eigenvalue weighted by Gasteiger charge is 2.37. The summed E-state index contributed by atoms with van der Waals surface area (Å²) >= 11 is 5.91. The first-order chi connectivity index (χ1) is 12.0. The number of carbonyl (C=O) groups is 1. The van der Waals surface area contributed by atoms with Gasteiger partial charge in [-0.25, -0.2) is 0 Å². The van der Waals surface area contributed by atoms with Crippen molar-refractivity contribution < 1.29 is 4.79 Å². The van der Waals surface area contributed by atoms with Crippen LogP contribution in [0.2, 0.25) is 5.02 Å². The van der Waals surface area contributed by atoms with E-state index in [2.05, 4.69) is 22.3 Å². The van der Waals surface area contributed by atoms with E-state index in [1.54, 1.807) is 12.1 Å². The quantitative estimate of drug-likeness (QED) is 0.880. The highest BCUT2D eigenvalue weighted by Crippen LogP contribution is 2.30.